The number of nitrogens with two attached hydrogens (primary N) is 1. The van der Waals surface area contributed by atoms with Gasteiger partial charge in [0, 0.05) is 13.6 Å². The number of nitrogens with zero attached hydrogens (tertiary/aromatic N) is 2. The Bertz CT molecular complexity index is 407. The zero-order valence-electron chi connectivity index (χ0n) is 10.4. The van der Waals surface area contributed by atoms with Crippen molar-refractivity contribution >= 4 is 23.2 Å². The molecule has 0 fully saturated rings. The van der Waals surface area contributed by atoms with Gasteiger partial charge in [0.15, 0.2) is 0 Å². The van der Waals surface area contributed by atoms with Crippen LogP contribution in [0.1, 0.15) is 30.6 Å². The van der Waals surface area contributed by atoms with Crippen LogP contribution < -0.4 is 5.73 Å². The summed E-state index contributed by atoms with van der Waals surface area (Å²) in [5, 5.41) is 0.278. The van der Waals surface area contributed by atoms with Crippen molar-refractivity contribution in [2.75, 3.05) is 19.3 Å². The van der Waals surface area contributed by atoms with Crippen LogP contribution in [0.2, 0.25) is 5.15 Å². The molecule has 94 valence electrons. The minimum Gasteiger partial charge on any atom is -0.397 e. The molecule has 0 bridgehead atoms. The van der Waals surface area contributed by atoms with Crippen LogP contribution in [0, 0.1) is 5.92 Å². The fourth-order valence-electron chi connectivity index (χ4n) is 1.38. The van der Waals surface area contributed by atoms with Gasteiger partial charge in [-0.25, -0.2) is 4.98 Å². The second-order valence-electron chi connectivity index (χ2n) is 4.50. The first-order valence-corrected chi connectivity index (χ1v) is 5.96. The summed E-state index contributed by atoms with van der Waals surface area (Å²) in [6.45, 7) is 4.95. The first-order valence-electron chi connectivity index (χ1n) is 5.58. The van der Waals surface area contributed by atoms with Crippen LogP contribution in [-0.4, -0.2) is 29.4 Å². The summed E-state index contributed by atoms with van der Waals surface area (Å²) >= 11 is 5.76. The van der Waals surface area contributed by atoms with Crippen molar-refractivity contribution in [3.8, 4) is 0 Å². The molecular weight excluding hydrogens is 238 g/mol. The van der Waals surface area contributed by atoms with Crippen molar-refractivity contribution in [3.05, 3.63) is 23.0 Å². The van der Waals surface area contributed by atoms with Gasteiger partial charge in [0.05, 0.1) is 17.4 Å². The minimum absolute atomic E-state index is 0.118. The fraction of sp³-hybridized carbons (Fsp3) is 0.500. The summed E-state index contributed by atoms with van der Waals surface area (Å²) in [6, 6.07) is 1.51. The summed E-state index contributed by atoms with van der Waals surface area (Å²) in [7, 11) is 1.76. The van der Waals surface area contributed by atoms with Gasteiger partial charge >= 0.3 is 0 Å². The van der Waals surface area contributed by atoms with Gasteiger partial charge in [-0.2, -0.15) is 0 Å². The third-order valence-corrected chi connectivity index (χ3v) is 2.73. The number of anilines is 1. The average molecular weight is 256 g/mol. The van der Waals surface area contributed by atoms with E-state index in [1.807, 2.05) is 0 Å². The first kappa shape index (κ1) is 13.8. The van der Waals surface area contributed by atoms with Gasteiger partial charge in [-0.15, -0.1) is 0 Å². The number of amides is 1. The van der Waals surface area contributed by atoms with Gasteiger partial charge in [-0.3, -0.25) is 4.79 Å². The van der Waals surface area contributed by atoms with Crippen LogP contribution in [0.3, 0.4) is 0 Å². The maximum Gasteiger partial charge on any atom is 0.255 e. The number of pyridine rings is 1. The Balaban J connectivity index is 2.78. The van der Waals surface area contributed by atoms with Crippen molar-refractivity contribution in [2.24, 2.45) is 5.92 Å². The Morgan fingerprint density at radius 3 is 2.82 bits per heavy atom. The van der Waals surface area contributed by atoms with E-state index in [1.165, 1.54) is 12.3 Å². The maximum absolute atomic E-state index is 12.1. The fourth-order valence-corrected chi connectivity index (χ4v) is 1.54. The lowest BCUT2D eigenvalue weighted by Gasteiger charge is -2.19. The van der Waals surface area contributed by atoms with E-state index < -0.39 is 0 Å². The molecule has 0 aliphatic rings. The molecule has 5 heteroatoms. The molecule has 0 radical (unpaired) electrons. The molecule has 0 atom stereocenters. The number of nitrogen functional groups attached to an aromatic ring is 1. The van der Waals surface area contributed by atoms with Crippen molar-refractivity contribution < 1.29 is 4.79 Å². The van der Waals surface area contributed by atoms with Gasteiger partial charge < -0.3 is 10.6 Å². The molecule has 2 N–H and O–H groups in total. The molecular formula is C12H18ClN3O. The van der Waals surface area contributed by atoms with E-state index >= 15 is 0 Å². The third kappa shape index (κ3) is 3.89. The maximum atomic E-state index is 12.1. The molecule has 1 aromatic heterocycles. The SMILES string of the molecule is CC(C)CCN(C)C(=O)c1cc(Cl)ncc1N. The molecule has 0 aromatic carbocycles. The lowest BCUT2D eigenvalue weighted by molar-refractivity contribution is 0.0790. The Hall–Kier alpha value is -1.29. The predicted octanol–water partition coefficient (Wildman–Crippen LogP) is 2.44. The van der Waals surface area contributed by atoms with Crippen LogP contribution >= 0.6 is 11.6 Å². The molecule has 0 aliphatic carbocycles. The molecule has 0 unspecified atom stereocenters. The van der Waals surface area contributed by atoms with E-state index in [9.17, 15) is 4.79 Å². The summed E-state index contributed by atoms with van der Waals surface area (Å²) in [5.41, 5.74) is 6.49. The predicted molar refractivity (Wildman–Crippen MR) is 70.1 cm³/mol. The molecule has 0 saturated heterocycles. The van der Waals surface area contributed by atoms with Crippen LogP contribution in [0.25, 0.3) is 0 Å². The molecule has 0 aliphatic heterocycles. The van der Waals surface area contributed by atoms with Crippen molar-refractivity contribution in [3.63, 3.8) is 0 Å². The Morgan fingerprint density at radius 1 is 1.59 bits per heavy atom. The molecule has 1 heterocycles. The minimum atomic E-state index is -0.118. The molecule has 17 heavy (non-hydrogen) atoms. The highest BCUT2D eigenvalue weighted by Gasteiger charge is 2.15. The van der Waals surface area contributed by atoms with E-state index in [1.54, 1.807) is 11.9 Å². The quantitative estimate of drug-likeness (QED) is 0.841. The molecule has 0 spiro atoms. The number of hydrogen-bond acceptors (Lipinski definition) is 3. The van der Waals surface area contributed by atoms with E-state index in [2.05, 4.69) is 18.8 Å². The van der Waals surface area contributed by atoms with Gasteiger partial charge in [0.25, 0.3) is 5.91 Å². The van der Waals surface area contributed by atoms with Crippen LogP contribution in [0.4, 0.5) is 5.69 Å². The number of rotatable bonds is 4. The summed E-state index contributed by atoms with van der Waals surface area (Å²) in [5.74, 6) is 0.441. The number of hydrogen-bond donors (Lipinski definition) is 1. The summed E-state index contributed by atoms with van der Waals surface area (Å²) < 4.78 is 0. The number of aromatic nitrogens is 1. The zero-order valence-corrected chi connectivity index (χ0v) is 11.2. The van der Waals surface area contributed by atoms with Gasteiger partial charge in [-0.1, -0.05) is 25.4 Å². The number of carbonyl (C=O) groups excluding carboxylic acids is 1. The third-order valence-electron chi connectivity index (χ3n) is 2.52. The van der Waals surface area contributed by atoms with E-state index in [0.717, 1.165) is 6.42 Å². The van der Waals surface area contributed by atoms with E-state index in [0.29, 0.717) is 23.7 Å². The van der Waals surface area contributed by atoms with E-state index in [-0.39, 0.29) is 11.1 Å². The summed E-state index contributed by atoms with van der Waals surface area (Å²) in [6.07, 6.45) is 2.37. The van der Waals surface area contributed by atoms with Crippen molar-refractivity contribution in [1.29, 1.82) is 0 Å². The first-order chi connectivity index (χ1) is 7.91. The summed E-state index contributed by atoms with van der Waals surface area (Å²) in [4.78, 5) is 17.6. The Kier molecular flexibility index (Phi) is 4.75. The lowest BCUT2D eigenvalue weighted by atomic mass is 10.1. The zero-order chi connectivity index (χ0) is 13.0. The average Bonchev–Trinajstić information content (AvgIpc) is 2.28. The highest BCUT2D eigenvalue weighted by molar-refractivity contribution is 6.29. The molecule has 0 saturated carbocycles. The highest BCUT2D eigenvalue weighted by atomic mass is 35.5. The molecule has 1 aromatic rings. The molecule has 1 rings (SSSR count). The van der Waals surface area contributed by atoms with Crippen LogP contribution in [-0.2, 0) is 0 Å². The lowest BCUT2D eigenvalue weighted by Crippen LogP contribution is -2.29. The van der Waals surface area contributed by atoms with Crippen LogP contribution in [0.15, 0.2) is 12.3 Å². The smallest absolute Gasteiger partial charge is 0.255 e. The standard InChI is InChI=1S/C12H18ClN3O/c1-8(2)4-5-16(3)12(17)9-6-11(13)15-7-10(9)14/h6-8H,4-5,14H2,1-3H3. The van der Waals surface area contributed by atoms with Crippen molar-refractivity contribution in [1.82, 2.24) is 9.88 Å². The van der Waals surface area contributed by atoms with Crippen LogP contribution in [0.5, 0.6) is 0 Å². The van der Waals surface area contributed by atoms with Gasteiger partial charge in [-0.05, 0) is 18.4 Å². The van der Waals surface area contributed by atoms with E-state index in [4.69, 9.17) is 17.3 Å². The monoisotopic (exact) mass is 255 g/mol. The molecule has 4 nitrogen and oxygen atoms in total. The highest BCUT2D eigenvalue weighted by Crippen LogP contribution is 2.17. The normalized spacial score (nSPS) is 10.6. The van der Waals surface area contributed by atoms with Crippen molar-refractivity contribution in [2.45, 2.75) is 20.3 Å². The Labute approximate surface area is 107 Å². The Morgan fingerprint density at radius 2 is 2.24 bits per heavy atom. The van der Waals surface area contributed by atoms with Gasteiger partial charge in [0.1, 0.15) is 5.15 Å². The number of carbonyl (C=O) groups is 1. The molecule has 1 amide bonds. The van der Waals surface area contributed by atoms with Gasteiger partial charge in [0.2, 0.25) is 0 Å². The second kappa shape index (κ2) is 5.87. The largest absolute Gasteiger partial charge is 0.397 e. The topological polar surface area (TPSA) is 59.2 Å². The second-order valence-corrected chi connectivity index (χ2v) is 4.89. The number of halogens is 1.